The van der Waals surface area contributed by atoms with Gasteiger partial charge in [-0.15, -0.1) is 0 Å². The Balaban J connectivity index is 1.86. The SMILES string of the molecule is Cc1n[nH]nc1C(=O)N[C@@H]1CCCc2ccc(C(C)C)cc21. The van der Waals surface area contributed by atoms with Crippen molar-refractivity contribution in [2.24, 2.45) is 0 Å². The van der Waals surface area contributed by atoms with Crippen molar-refractivity contribution < 1.29 is 4.79 Å². The minimum Gasteiger partial charge on any atom is -0.344 e. The van der Waals surface area contributed by atoms with Crippen LogP contribution < -0.4 is 5.32 Å². The molecule has 0 saturated heterocycles. The first-order valence-electron chi connectivity index (χ1n) is 7.87. The fourth-order valence-corrected chi connectivity index (χ4v) is 3.05. The zero-order valence-electron chi connectivity index (χ0n) is 13.3. The Kier molecular flexibility index (Phi) is 3.96. The number of carbonyl (C=O) groups is 1. The van der Waals surface area contributed by atoms with E-state index in [1.807, 2.05) is 0 Å². The molecule has 5 nitrogen and oxygen atoms in total. The highest BCUT2D eigenvalue weighted by molar-refractivity contribution is 5.93. The first kappa shape index (κ1) is 14.8. The number of aromatic nitrogens is 3. The lowest BCUT2D eigenvalue weighted by Gasteiger charge is -2.27. The predicted octanol–water partition coefficient (Wildman–Crippen LogP) is 3.04. The van der Waals surface area contributed by atoms with Gasteiger partial charge < -0.3 is 5.32 Å². The van der Waals surface area contributed by atoms with Crippen LogP contribution in [0.5, 0.6) is 0 Å². The average Bonchev–Trinajstić information content (AvgIpc) is 2.93. The van der Waals surface area contributed by atoms with E-state index >= 15 is 0 Å². The molecule has 0 fully saturated rings. The van der Waals surface area contributed by atoms with Crippen molar-refractivity contribution in [3.05, 3.63) is 46.3 Å². The number of nitrogens with one attached hydrogen (secondary N) is 2. The van der Waals surface area contributed by atoms with Gasteiger partial charge in [0.1, 0.15) is 0 Å². The molecular formula is C17H22N4O. The van der Waals surface area contributed by atoms with Crippen LogP contribution in [0.4, 0.5) is 0 Å². The molecule has 1 aliphatic rings. The Labute approximate surface area is 130 Å². The van der Waals surface area contributed by atoms with Crippen molar-refractivity contribution in [1.29, 1.82) is 0 Å². The molecule has 1 amide bonds. The van der Waals surface area contributed by atoms with Crippen molar-refractivity contribution in [2.45, 2.75) is 52.0 Å². The molecule has 3 rings (SSSR count). The molecule has 0 saturated carbocycles. The third-order valence-corrected chi connectivity index (χ3v) is 4.39. The third-order valence-electron chi connectivity index (χ3n) is 4.39. The largest absolute Gasteiger partial charge is 0.344 e. The smallest absolute Gasteiger partial charge is 0.274 e. The van der Waals surface area contributed by atoms with Gasteiger partial charge in [-0.25, -0.2) is 0 Å². The lowest BCUT2D eigenvalue weighted by Crippen LogP contribution is -2.31. The van der Waals surface area contributed by atoms with Gasteiger partial charge in [0.15, 0.2) is 5.69 Å². The van der Waals surface area contributed by atoms with E-state index in [-0.39, 0.29) is 11.9 Å². The molecular weight excluding hydrogens is 276 g/mol. The minimum atomic E-state index is -0.154. The number of nitrogens with zero attached hydrogens (tertiary/aromatic N) is 2. The van der Waals surface area contributed by atoms with E-state index in [0.717, 1.165) is 19.3 Å². The standard InChI is InChI=1S/C17H22N4O/c1-10(2)13-8-7-12-5-4-6-15(14(12)9-13)18-17(22)16-11(3)19-21-20-16/h7-10,15H,4-6H2,1-3H3,(H,18,22)(H,19,20,21)/t15-/m1/s1. The zero-order valence-corrected chi connectivity index (χ0v) is 13.3. The van der Waals surface area contributed by atoms with E-state index in [1.54, 1.807) is 6.92 Å². The van der Waals surface area contributed by atoms with Crippen LogP contribution in [0.2, 0.25) is 0 Å². The van der Waals surface area contributed by atoms with E-state index in [4.69, 9.17) is 0 Å². The first-order valence-corrected chi connectivity index (χ1v) is 7.87. The lowest BCUT2D eigenvalue weighted by atomic mass is 9.85. The van der Waals surface area contributed by atoms with Gasteiger partial charge >= 0.3 is 0 Å². The Bertz CT molecular complexity index is 690. The van der Waals surface area contributed by atoms with Crippen molar-refractivity contribution in [2.75, 3.05) is 0 Å². The number of hydrogen-bond acceptors (Lipinski definition) is 3. The summed E-state index contributed by atoms with van der Waals surface area (Å²) in [5.41, 5.74) is 4.93. The molecule has 0 aliphatic heterocycles. The Morgan fingerprint density at radius 1 is 1.36 bits per heavy atom. The second-order valence-corrected chi connectivity index (χ2v) is 6.29. The van der Waals surface area contributed by atoms with Crippen LogP contribution in [0.3, 0.4) is 0 Å². The van der Waals surface area contributed by atoms with Gasteiger partial charge in [0.05, 0.1) is 11.7 Å². The molecule has 1 aromatic heterocycles. The summed E-state index contributed by atoms with van der Waals surface area (Å²) < 4.78 is 0. The van der Waals surface area contributed by atoms with E-state index in [0.29, 0.717) is 17.3 Å². The second kappa shape index (κ2) is 5.91. The van der Waals surface area contributed by atoms with Gasteiger partial charge in [-0.05, 0) is 48.8 Å². The van der Waals surface area contributed by atoms with Gasteiger partial charge in [0, 0.05) is 0 Å². The normalized spacial score (nSPS) is 17.4. The van der Waals surface area contributed by atoms with Gasteiger partial charge in [-0.1, -0.05) is 32.0 Å². The molecule has 2 aromatic rings. The van der Waals surface area contributed by atoms with Crippen LogP contribution in [0, 0.1) is 6.92 Å². The van der Waals surface area contributed by atoms with Crippen molar-refractivity contribution in [1.82, 2.24) is 20.7 Å². The lowest BCUT2D eigenvalue weighted by molar-refractivity contribution is 0.0927. The molecule has 1 heterocycles. The topological polar surface area (TPSA) is 70.7 Å². The fourth-order valence-electron chi connectivity index (χ4n) is 3.05. The van der Waals surface area contributed by atoms with Crippen LogP contribution in [0.25, 0.3) is 0 Å². The summed E-state index contributed by atoms with van der Waals surface area (Å²) >= 11 is 0. The molecule has 0 bridgehead atoms. The van der Waals surface area contributed by atoms with Crippen LogP contribution in [0.1, 0.15) is 71.5 Å². The number of rotatable bonds is 3. The number of fused-ring (bicyclic) bond motifs is 1. The maximum Gasteiger partial charge on any atom is 0.274 e. The van der Waals surface area contributed by atoms with Crippen LogP contribution >= 0.6 is 0 Å². The molecule has 22 heavy (non-hydrogen) atoms. The van der Waals surface area contributed by atoms with Crippen LogP contribution in [0.15, 0.2) is 18.2 Å². The van der Waals surface area contributed by atoms with Gasteiger partial charge in [0.25, 0.3) is 5.91 Å². The molecule has 0 spiro atoms. The van der Waals surface area contributed by atoms with Crippen molar-refractivity contribution in [3.8, 4) is 0 Å². The molecule has 2 N–H and O–H groups in total. The fraction of sp³-hybridized carbons (Fsp3) is 0.471. The Morgan fingerprint density at radius 2 is 2.18 bits per heavy atom. The van der Waals surface area contributed by atoms with E-state index in [9.17, 15) is 4.79 Å². The summed E-state index contributed by atoms with van der Waals surface area (Å²) in [5, 5.41) is 13.5. The number of benzene rings is 1. The molecule has 5 heteroatoms. The second-order valence-electron chi connectivity index (χ2n) is 6.29. The number of hydrogen-bond donors (Lipinski definition) is 2. The summed E-state index contributed by atoms with van der Waals surface area (Å²) in [7, 11) is 0. The molecule has 0 radical (unpaired) electrons. The number of aromatic amines is 1. The number of carbonyl (C=O) groups excluding carboxylic acids is 1. The zero-order chi connectivity index (χ0) is 15.7. The van der Waals surface area contributed by atoms with E-state index in [2.05, 4.69) is 52.8 Å². The average molecular weight is 298 g/mol. The van der Waals surface area contributed by atoms with E-state index in [1.165, 1.54) is 16.7 Å². The summed E-state index contributed by atoms with van der Waals surface area (Å²) in [6, 6.07) is 6.73. The summed E-state index contributed by atoms with van der Waals surface area (Å²) in [6.45, 7) is 6.16. The number of aryl methyl sites for hydroxylation is 2. The monoisotopic (exact) mass is 298 g/mol. The predicted molar refractivity (Wildman–Crippen MR) is 84.8 cm³/mol. The Morgan fingerprint density at radius 3 is 2.86 bits per heavy atom. The number of amides is 1. The number of H-pyrrole nitrogens is 1. The Hall–Kier alpha value is -2.17. The molecule has 116 valence electrons. The first-order chi connectivity index (χ1) is 10.6. The van der Waals surface area contributed by atoms with Gasteiger partial charge in [-0.2, -0.15) is 15.4 Å². The quantitative estimate of drug-likeness (QED) is 0.915. The molecule has 1 aliphatic carbocycles. The van der Waals surface area contributed by atoms with Gasteiger partial charge in [-0.3, -0.25) is 4.79 Å². The molecule has 0 unspecified atom stereocenters. The highest BCUT2D eigenvalue weighted by Gasteiger charge is 2.24. The van der Waals surface area contributed by atoms with Gasteiger partial charge in [0.2, 0.25) is 0 Å². The maximum atomic E-state index is 12.4. The maximum absolute atomic E-state index is 12.4. The van der Waals surface area contributed by atoms with Crippen molar-refractivity contribution >= 4 is 5.91 Å². The van der Waals surface area contributed by atoms with Crippen LogP contribution in [-0.2, 0) is 6.42 Å². The van der Waals surface area contributed by atoms with Crippen LogP contribution in [-0.4, -0.2) is 21.3 Å². The third kappa shape index (κ3) is 2.75. The highest BCUT2D eigenvalue weighted by atomic mass is 16.2. The highest BCUT2D eigenvalue weighted by Crippen LogP contribution is 2.32. The molecule has 1 aromatic carbocycles. The minimum absolute atomic E-state index is 0.0612. The van der Waals surface area contributed by atoms with E-state index < -0.39 is 0 Å². The molecule has 1 atom stereocenters. The summed E-state index contributed by atoms with van der Waals surface area (Å²) in [5.74, 6) is 0.334. The summed E-state index contributed by atoms with van der Waals surface area (Å²) in [6.07, 6.45) is 3.15. The summed E-state index contributed by atoms with van der Waals surface area (Å²) in [4.78, 5) is 12.4. The van der Waals surface area contributed by atoms with Crippen molar-refractivity contribution in [3.63, 3.8) is 0 Å².